The van der Waals surface area contributed by atoms with E-state index in [2.05, 4.69) is 15.1 Å². The van der Waals surface area contributed by atoms with Crippen molar-refractivity contribution in [3.8, 4) is 0 Å². The Balaban J connectivity index is 1.96. The van der Waals surface area contributed by atoms with Crippen molar-refractivity contribution in [2.24, 2.45) is 0 Å². The highest BCUT2D eigenvalue weighted by Crippen LogP contribution is 2.28. The third-order valence-electron chi connectivity index (χ3n) is 2.67. The molecule has 0 fully saturated rings. The van der Waals surface area contributed by atoms with Gasteiger partial charge in [-0.15, -0.1) is 0 Å². The van der Waals surface area contributed by atoms with Crippen molar-refractivity contribution in [3.63, 3.8) is 0 Å². The van der Waals surface area contributed by atoms with Gasteiger partial charge in [0.1, 0.15) is 11.4 Å². The van der Waals surface area contributed by atoms with E-state index in [0.717, 1.165) is 15.6 Å². The van der Waals surface area contributed by atoms with Gasteiger partial charge in [0.15, 0.2) is 0 Å². The fraction of sp³-hybridized carbons (Fsp3) is 0.0769. The minimum Gasteiger partial charge on any atom is -0.478 e. The zero-order valence-corrected chi connectivity index (χ0v) is 11.3. The van der Waals surface area contributed by atoms with Gasteiger partial charge in [0, 0.05) is 10.6 Å². The summed E-state index contributed by atoms with van der Waals surface area (Å²) in [5.41, 5.74) is 1.13. The highest BCUT2D eigenvalue weighted by molar-refractivity contribution is 7.99. The molecule has 2 heterocycles. The second kappa shape index (κ2) is 4.93. The van der Waals surface area contributed by atoms with E-state index in [1.54, 1.807) is 28.8 Å². The molecular formula is C13H10N4O2S. The molecule has 3 aromatic rings. The summed E-state index contributed by atoms with van der Waals surface area (Å²) in [5.74, 6) is -0.380. The number of hydrogen-bond acceptors (Lipinski definition) is 5. The summed E-state index contributed by atoms with van der Waals surface area (Å²) >= 11 is 1.48. The lowest BCUT2D eigenvalue weighted by molar-refractivity contribution is 0.0697. The van der Waals surface area contributed by atoms with Gasteiger partial charge in [-0.2, -0.15) is 14.6 Å². The Kier molecular flexibility index (Phi) is 3.11. The van der Waals surface area contributed by atoms with E-state index in [-0.39, 0.29) is 5.56 Å². The number of aryl methyl sites for hydroxylation is 1. The molecule has 0 saturated carbocycles. The zero-order chi connectivity index (χ0) is 14.1. The van der Waals surface area contributed by atoms with Crippen LogP contribution >= 0.6 is 11.8 Å². The standard InChI is InChI=1S/C13H10N4O2S/c1-8-6-11(17-13(16-8)14-7-15-17)20-10-4-2-9(3-5-10)12(18)19/h2-7H,1H3,(H,18,19). The third kappa shape index (κ3) is 2.35. The molecule has 6 nitrogen and oxygen atoms in total. The summed E-state index contributed by atoms with van der Waals surface area (Å²) in [6, 6.07) is 8.62. The lowest BCUT2D eigenvalue weighted by Gasteiger charge is -2.05. The van der Waals surface area contributed by atoms with Crippen LogP contribution in [0.1, 0.15) is 16.1 Å². The molecule has 0 bridgehead atoms. The van der Waals surface area contributed by atoms with Gasteiger partial charge in [-0.3, -0.25) is 0 Å². The predicted octanol–water partition coefficient (Wildman–Crippen LogP) is 2.28. The number of fused-ring (bicyclic) bond motifs is 1. The molecule has 0 atom stereocenters. The fourth-order valence-corrected chi connectivity index (χ4v) is 2.71. The maximum atomic E-state index is 10.8. The molecule has 0 radical (unpaired) electrons. The summed E-state index contributed by atoms with van der Waals surface area (Å²) in [7, 11) is 0. The second-order valence-corrected chi connectivity index (χ2v) is 5.23. The number of nitrogens with zero attached hydrogens (tertiary/aromatic N) is 4. The molecule has 2 aromatic heterocycles. The zero-order valence-electron chi connectivity index (χ0n) is 10.5. The largest absolute Gasteiger partial charge is 0.478 e. The van der Waals surface area contributed by atoms with Crippen LogP contribution in [0.15, 0.2) is 46.6 Å². The molecule has 0 aliphatic rings. The highest BCUT2D eigenvalue weighted by Gasteiger charge is 2.08. The molecule has 0 aliphatic heterocycles. The molecule has 0 spiro atoms. The van der Waals surface area contributed by atoms with E-state index in [0.29, 0.717) is 5.78 Å². The van der Waals surface area contributed by atoms with Crippen LogP contribution in [0.3, 0.4) is 0 Å². The van der Waals surface area contributed by atoms with Gasteiger partial charge >= 0.3 is 5.97 Å². The molecular weight excluding hydrogens is 276 g/mol. The second-order valence-electron chi connectivity index (χ2n) is 4.14. The Morgan fingerprint density at radius 1 is 1.30 bits per heavy atom. The first kappa shape index (κ1) is 12.6. The van der Waals surface area contributed by atoms with Crippen molar-refractivity contribution in [3.05, 3.63) is 47.9 Å². The molecule has 3 rings (SSSR count). The van der Waals surface area contributed by atoms with Crippen molar-refractivity contribution in [1.29, 1.82) is 0 Å². The van der Waals surface area contributed by atoms with Crippen molar-refractivity contribution in [1.82, 2.24) is 19.6 Å². The predicted molar refractivity (Wildman–Crippen MR) is 73.0 cm³/mol. The molecule has 7 heteroatoms. The van der Waals surface area contributed by atoms with E-state index >= 15 is 0 Å². The third-order valence-corrected chi connectivity index (χ3v) is 3.68. The molecule has 1 aromatic carbocycles. The summed E-state index contributed by atoms with van der Waals surface area (Å²) < 4.78 is 1.66. The molecule has 0 aliphatic carbocycles. The number of carbonyl (C=O) groups is 1. The monoisotopic (exact) mass is 286 g/mol. The molecule has 1 N–H and O–H groups in total. The van der Waals surface area contributed by atoms with Gasteiger partial charge in [-0.05, 0) is 37.3 Å². The van der Waals surface area contributed by atoms with Crippen LogP contribution < -0.4 is 0 Å². The van der Waals surface area contributed by atoms with Gasteiger partial charge in [-0.1, -0.05) is 11.8 Å². The Morgan fingerprint density at radius 2 is 2.05 bits per heavy atom. The van der Waals surface area contributed by atoms with Crippen molar-refractivity contribution in [2.45, 2.75) is 16.8 Å². The Bertz CT molecular complexity index is 783. The molecule has 20 heavy (non-hydrogen) atoms. The minimum atomic E-state index is -0.931. The number of aromatic nitrogens is 4. The number of benzene rings is 1. The Hall–Kier alpha value is -2.41. The van der Waals surface area contributed by atoms with E-state index in [4.69, 9.17) is 5.11 Å². The first-order valence-electron chi connectivity index (χ1n) is 5.82. The number of hydrogen-bond donors (Lipinski definition) is 1. The van der Waals surface area contributed by atoms with E-state index < -0.39 is 5.97 Å². The Morgan fingerprint density at radius 3 is 2.75 bits per heavy atom. The van der Waals surface area contributed by atoms with Gasteiger partial charge < -0.3 is 5.11 Å². The number of rotatable bonds is 3. The van der Waals surface area contributed by atoms with Gasteiger partial charge in [0.25, 0.3) is 5.78 Å². The van der Waals surface area contributed by atoms with Gasteiger partial charge in [-0.25, -0.2) is 9.78 Å². The highest BCUT2D eigenvalue weighted by atomic mass is 32.2. The van der Waals surface area contributed by atoms with Crippen molar-refractivity contribution >= 4 is 23.5 Å². The maximum Gasteiger partial charge on any atom is 0.335 e. The first-order chi connectivity index (χ1) is 9.63. The van der Waals surface area contributed by atoms with E-state index in [1.165, 1.54) is 18.1 Å². The van der Waals surface area contributed by atoms with Crippen LogP contribution in [0.4, 0.5) is 0 Å². The average Bonchev–Trinajstić information content (AvgIpc) is 2.87. The van der Waals surface area contributed by atoms with Crippen molar-refractivity contribution < 1.29 is 9.90 Å². The lowest BCUT2D eigenvalue weighted by Crippen LogP contribution is -1.97. The SMILES string of the molecule is Cc1cc(Sc2ccc(C(=O)O)cc2)n2ncnc2n1. The summed E-state index contributed by atoms with van der Waals surface area (Å²) in [4.78, 5) is 20.1. The van der Waals surface area contributed by atoms with E-state index in [1.807, 2.05) is 13.0 Å². The first-order valence-corrected chi connectivity index (χ1v) is 6.64. The topological polar surface area (TPSA) is 80.4 Å². The molecule has 100 valence electrons. The smallest absolute Gasteiger partial charge is 0.335 e. The summed E-state index contributed by atoms with van der Waals surface area (Å²) in [6.07, 6.45) is 1.46. The molecule has 0 amide bonds. The minimum absolute atomic E-state index is 0.270. The lowest BCUT2D eigenvalue weighted by atomic mass is 10.2. The van der Waals surface area contributed by atoms with Crippen LogP contribution in [0, 0.1) is 6.92 Å². The van der Waals surface area contributed by atoms with Crippen LogP contribution in [0.2, 0.25) is 0 Å². The van der Waals surface area contributed by atoms with Crippen LogP contribution in [-0.2, 0) is 0 Å². The summed E-state index contributed by atoms with van der Waals surface area (Å²) in [5, 5.41) is 13.9. The van der Waals surface area contributed by atoms with Gasteiger partial charge in [0.2, 0.25) is 0 Å². The quantitative estimate of drug-likeness (QED) is 0.744. The maximum absolute atomic E-state index is 10.8. The number of aromatic carboxylic acids is 1. The normalized spacial score (nSPS) is 10.8. The van der Waals surface area contributed by atoms with E-state index in [9.17, 15) is 4.79 Å². The van der Waals surface area contributed by atoms with Crippen molar-refractivity contribution in [2.75, 3.05) is 0 Å². The van der Waals surface area contributed by atoms with Crippen LogP contribution in [0.5, 0.6) is 0 Å². The van der Waals surface area contributed by atoms with Gasteiger partial charge in [0.05, 0.1) is 5.56 Å². The number of carboxylic acid groups (broad SMARTS) is 1. The Labute approximate surface area is 118 Å². The number of carboxylic acids is 1. The average molecular weight is 286 g/mol. The molecule has 0 saturated heterocycles. The van der Waals surface area contributed by atoms with Crippen LogP contribution in [-0.4, -0.2) is 30.7 Å². The fourth-order valence-electron chi connectivity index (χ4n) is 1.76. The summed E-state index contributed by atoms with van der Waals surface area (Å²) in [6.45, 7) is 1.90. The van der Waals surface area contributed by atoms with Crippen LogP contribution in [0.25, 0.3) is 5.78 Å². The molecule has 0 unspecified atom stereocenters.